The smallest absolute Gasteiger partial charge is 0.143 e. The molecule has 3 nitrogen and oxygen atoms in total. The lowest BCUT2D eigenvalue weighted by molar-refractivity contribution is 0.369. The number of nitrogens with zero attached hydrogens (tertiary/aromatic N) is 1. The predicted octanol–water partition coefficient (Wildman–Crippen LogP) is 5.73. The number of hydrogen-bond donors (Lipinski definition) is 1. The van der Waals surface area contributed by atoms with Crippen molar-refractivity contribution in [2.24, 2.45) is 0 Å². The van der Waals surface area contributed by atoms with Crippen LogP contribution in [0.2, 0.25) is 0 Å². The topological polar surface area (TPSA) is 38.5 Å². The van der Waals surface area contributed by atoms with E-state index in [0.29, 0.717) is 5.92 Å². The first-order chi connectivity index (χ1) is 11.4. The Morgan fingerprint density at radius 1 is 1.17 bits per heavy atom. The number of nitrogens with two attached hydrogens (primary N) is 1. The van der Waals surface area contributed by atoms with E-state index in [0.717, 1.165) is 18.0 Å². The van der Waals surface area contributed by atoms with E-state index in [2.05, 4.69) is 44.7 Å². The van der Waals surface area contributed by atoms with Crippen LogP contribution in [0.1, 0.15) is 84.1 Å². The highest BCUT2D eigenvalue weighted by atomic mass is 16.5. The second kappa shape index (κ2) is 8.13. The molecule has 1 aromatic rings. The van der Waals surface area contributed by atoms with Crippen molar-refractivity contribution in [3.8, 4) is 5.75 Å². The minimum atomic E-state index is 0.178. The number of anilines is 2. The lowest BCUT2D eigenvalue weighted by atomic mass is 9.79. The molecule has 0 fully saturated rings. The fourth-order valence-corrected chi connectivity index (χ4v) is 4.18. The molecule has 1 atom stereocenters. The van der Waals surface area contributed by atoms with Gasteiger partial charge in [0.25, 0.3) is 0 Å². The van der Waals surface area contributed by atoms with E-state index in [1.165, 1.54) is 56.2 Å². The Hall–Kier alpha value is -1.38. The zero-order valence-electron chi connectivity index (χ0n) is 16.3. The van der Waals surface area contributed by atoms with E-state index in [9.17, 15) is 0 Å². The highest BCUT2D eigenvalue weighted by Crippen LogP contribution is 2.46. The van der Waals surface area contributed by atoms with Gasteiger partial charge in [0, 0.05) is 23.8 Å². The molecule has 1 heterocycles. The molecule has 0 saturated heterocycles. The summed E-state index contributed by atoms with van der Waals surface area (Å²) < 4.78 is 5.48. The number of unbranched alkanes of at least 4 members (excludes halogenated alkanes) is 5. The van der Waals surface area contributed by atoms with Crippen LogP contribution in [0.25, 0.3) is 0 Å². The van der Waals surface area contributed by atoms with E-state index >= 15 is 0 Å². The van der Waals surface area contributed by atoms with E-state index in [1.54, 1.807) is 7.11 Å². The first-order valence-electron chi connectivity index (χ1n) is 9.65. The summed E-state index contributed by atoms with van der Waals surface area (Å²) in [7, 11) is 1.70. The van der Waals surface area contributed by atoms with Crippen LogP contribution in [0.3, 0.4) is 0 Å². The Labute approximate surface area is 148 Å². The van der Waals surface area contributed by atoms with Crippen LogP contribution in [-0.4, -0.2) is 19.2 Å². The van der Waals surface area contributed by atoms with Gasteiger partial charge in [-0.05, 0) is 44.2 Å². The largest absolute Gasteiger partial charge is 0.495 e. The standard InChI is InChI=1S/C21H36N2O/c1-6-7-8-9-10-11-12-23-19-14-20(24-5)18(22)13-17(19)16(2)15-21(23,3)4/h13-14,16H,6-12,15,22H2,1-5H3. The summed E-state index contributed by atoms with van der Waals surface area (Å²) in [6, 6.07) is 4.28. The maximum atomic E-state index is 6.16. The van der Waals surface area contributed by atoms with Gasteiger partial charge >= 0.3 is 0 Å². The highest BCUT2D eigenvalue weighted by Gasteiger charge is 2.36. The molecule has 0 spiro atoms. The predicted molar refractivity (Wildman–Crippen MR) is 105 cm³/mol. The van der Waals surface area contributed by atoms with Crippen molar-refractivity contribution in [1.82, 2.24) is 0 Å². The summed E-state index contributed by atoms with van der Waals surface area (Å²) in [5.41, 5.74) is 9.78. The van der Waals surface area contributed by atoms with E-state index in [1.807, 2.05) is 0 Å². The van der Waals surface area contributed by atoms with Crippen LogP contribution in [0.5, 0.6) is 5.75 Å². The fraction of sp³-hybridized carbons (Fsp3) is 0.714. The Kier molecular flexibility index (Phi) is 6.42. The quantitative estimate of drug-likeness (QED) is 0.488. The summed E-state index contributed by atoms with van der Waals surface area (Å²) in [6.45, 7) is 10.4. The maximum absolute atomic E-state index is 6.16. The number of methoxy groups -OCH3 is 1. The minimum Gasteiger partial charge on any atom is -0.495 e. The van der Waals surface area contributed by atoms with Crippen molar-refractivity contribution < 1.29 is 4.74 Å². The molecule has 24 heavy (non-hydrogen) atoms. The molecule has 1 aliphatic heterocycles. The average Bonchev–Trinajstić information content (AvgIpc) is 2.52. The summed E-state index contributed by atoms with van der Waals surface area (Å²) in [4.78, 5) is 2.59. The SMILES string of the molecule is CCCCCCCCN1c2cc(OC)c(N)cc2C(C)CC1(C)C. The molecule has 0 aliphatic carbocycles. The second-order valence-electron chi connectivity index (χ2n) is 7.99. The van der Waals surface area contributed by atoms with Crippen LogP contribution in [0, 0.1) is 0 Å². The molecule has 136 valence electrons. The molecule has 1 aromatic carbocycles. The fourth-order valence-electron chi connectivity index (χ4n) is 4.18. The Balaban J connectivity index is 2.15. The van der Waals surface area contributed by atoms with Gasteiger partial charge < -0.3 is 15.4 Å². The molecule has 2 rings (SSSR count). The molecule has 0 radical (unpaired) electrons. The van der Waals surface area contributed by atoms with E-state index in [-0.39, 0.29) is 5.54 Å². The van der Waals surface area contributed by atoms with Crippen LogP contribution in [0.15, 0.2) is 12.1 Å². The Morgan fingerprint density at radius 3 is 2.50 bits per heavy atom. The van der Waals surface area contributed by atoms with Gasteiger partial charge in [-0.3, -0.25) is 0 Å². The van der Waals surface area contributed by atoms with Gasteiger partial charge in [0.05, 0.1) is 12.8 Å². The van der Waals surface area contributed by atoms with Gasteiger partial charge in [0.2, 0.25) is 0 Å². The third-order valence-electron chi connectivity index (χ3n) is 5.47. The van der Waals surface area contributed by atoms with Gasteiger partial charge in [0.1, 0.15) is 5.75 Å². The lowest BCUT2D eigenvalue weighted by Gasteiger charge is -2.48. The Morgan fingerprint density at radius 2 is 1.83 bits per heavy atom. The maximum Gasteiger partial charge on any atom is 0.143 e. The lowest BCUT2D eigenvalue weighted by Crippen LogP contribution is -2.48. The van der Waals surface area contributed by atoms with Crippen molar-refractivity contribution in [3.05, 3.63) is 17.7 Å². The summed E-state index contributed by atoms with van der Waals surface area (Å²) in [5, 5.41) is 0. The molecular formula is C21H36N2O. The molecular weight excluding hydrogens is 296 g/mol. The zero-order chi connectivity index (χ0) is 17.7. The molecule has 3 heteroatoms. The molecule has 0 aromatic heterocycles. The Bertz CT molecular complexity index is 539. The van der Waals surface area contributed by atoms with Crippen molar-refractivity contribution in [2.45, 2.75) is 84.1 Å². The summed E-state index contributed by atoms with van der Waals surface area (Å²) >= 11 is 0. The third kappa shape index (κ3) is 4.17. The number of benzene rings is 1. The van der Waals surface area contributed by atoms with E-state index < -0.39 is 0 Å². The van der Waals surface area contributed by atoms with Gasteiger partial charge in [-0.15, -0.1) is 0 Å². The number of nitrogen functional groups attached to an aromatic ring is 1. The number of hydrogen-bond acceptors (Lipinski definition) is 3. The molecule has 0 saturated carbocycles. The molecule has 0 amide bonds. The van der Waals surface area contributed by atoms with Crippen LogP contribution in [0.4, 0.5) is 11.4 Å². The normalized spacial score (nSPS) is 19.2. The molecule has 1 aliphatic rings. The average molecular weight is 333 g/mol. The van der Waals surface area contributed by atoms with Crippen molar-refractivity contribution >= 4 is 11.4 Å². The first kappa shape index (κ1) is 19.0. The monoisotopic (exact) mass is 332 g/mol. The molecule has 2 N–H and O–H groups in total. The minimum absolute atomic E-state index is 0.178. The number of rotatable bonds is 8. The third-order valence-corrected chi connectivity index (χ3v) is 5.47. The summed E-state index contributed by atoms with van der Waals surface area (Å²) in [5.74, 6) is 1.33. The van der Waals surface area contributed by atoms with Crippen molar-refractivity contribution in [2.75, 3.05) is 24.3 Å². The van der Waals surface area contributed by atoms with Gasteiger partial charge in [0.15, 0.2) is 0 Å². The number of fused-ring (bicyclic) bond motifs is 1. The number of ether oxygens (including phenoxy) is 1. The second-order valence-corrected chi connectivity index (χ2v) is 7.99. The molecule has 1 unspecified atom stereocenters. The summed E-state index contributed by atoms with van der Waals surface area (Å²) in [6.07, 6.45) is 9.16. The zero-order valence-corrected chi connectivity index (χ0v) is 16.3. The van der Waals surface area contributed by atoms with Crippen LogP contribution >= 0.6 is 0 Å². The van der Waals surface area contributed by atoms with Gasteiger partial charge in [-0.25, -0.2) is 0 Å². The van der Waals surface area contributed by atoms with Crippen LogP contribution < -0.4 is 15.4 Å². The van der Waals surface area contributed by atoms with Gasteiger partial charge in [-0.1, -0.05) is 46.0 Å². The molecule has 0 bridgehead atoms. The first-order valence-corrected chi connectivity index (χ1v) is 9.65. The van der Waals surface area contributed by atoms with Crippen molar-refractivity contribution in [3.63, 3.8) is 0 Å². The van der Waals surface area contributed by atoms with E-state index in [4.69, 9.17) is 10.5 Å². The van der Waals surface area contributed by atoms with Crippen LogP contribution in [-0.2, 0) is 0 Å². The van der Waals surface area contributed by atoms with Crippen molar-refractivity contribution in [1.29, 1.82) is 0 Å². The van der Waals surface area contributed by atoms with Gasteiger partial charge in [-0.2, -0.15) is 0 Å². The highest BCUT2D eigenvalue weighted by molar-refractivity contribution is 5.70.